The van der Waals surface area contributed by atoms with Gasteiger partial charge in [0.05, 0.1) is 5.92 Å². The van der Waals surface area contributed by atoms with Gasteiger partial charge in [0.1, 0.15) is 5.92 Å². The molecule has 6 rings (SSSR count). The van der Waals surface area contributed by atoms with Crippen molar-refractivity contribution >= 4 is 23.5 Å². The summed E-state index contributed by atoms with van der Waals surface area (Å²) in [6, 6.07) is 21.8. The topological polar surface area (TPSA) is 92.7 Å². The Morgan fingerprint density at radius 2 is 1.50 bits per heavy atom. The number of hydrogen-bond acceptors (Lipinski definition) is 4. The van der Waals surface area contributed by atoms with Crippen molar-refractivity contribution in [2.45, 2.75) is 18.4 Å². The minimum absolute atomic E-state index is 0.440. The van der Waals surface area contributed by atoms with Crippen LogP contribution in [0.3, 0.4) is 0 Å². The number of carboxylic acid groups (broad SMARTS) is 1. The Hall–Kier alpha value is -4.19. The standard InChI is InChI=1S/C28H23NO5/c1-3-22(30)34-28-20-10-6-4-8-18(20)23(19-9-5-7-11-21(19)28)24(25(28)27(32)33)26(31)29-17-14-12-16(2)13-15-17/h3-15,23-25H,1H2,2H3,(H,29,31)(H,32,33). The third-order valence-electron chi connectivity index (χ3n) is 6.86. The Kier molecular flexibility index (Phi) is 5.09. The molecule has 0 saturated heterocycles. The molecule has 6 nitrogen and oxygen atoms in total. The molecule has 34 heavy (non-hydrogen) atoms. The minimum Gasteiger partial charge on any atom is -0.481 e. The lowest BCUT2D eigenvalue weighted by molar-refractivity contribution is -0.176. The van der Waals surface area contributed by atoms with Crippen LogP contribution in [0.25, 0.3) is 0 Å². The second-order valence-electron chi connectivity index (χ2n) is 8.71. The van der Waals surface area contributed by atoms with E-state index in [-0.39, 0.29) is 0 Å². The molecule has 3 aromatic rings. The molecule has 2 bridgehead atoms. The third kappa shape index (κ3) is 3.06. The van der Waals surface area contributed by atoms with Gasteiger partial charge in [-0.15, -0.1) is 0 Å². The second kappa shape index (κ2) is 7.99. The van der Waals surface area contributed by atoms with E-state index in [1.807, 2.05) is 43.3 Å². The first-order valence-electron chi connectivity index (χ1n) is 11.0. The lowest BCUT2D eigenvalue weighted by Crippen LogP contribution is -2.59. The summed E-state index contributed by atoms with van der Waals surface area (Å²) in [5.74, 6) is -5.27. The largest absolute Gasteiger partial charge is 0.481 e. The van der Waals surface area contributed by atoms with Crippen molar-refractivity contribution < 1.29 is 24.2 Å². The predicted octanol–water partition coefficient (Wildman–Crippen LogP) is 4.38. The van der Waals surface area contributed by atoms with Gasteiger partial charge in [-0.1, -0.05) is 72.8 Å². The number of carbonyl (C=O) groups excluding carboxylic acids is 2. The molecule has 0 aliphatic heterocycles. The van der Waals surface area contributed by atoms with Crippen molar-refractivity contribution in [3.8, 4) is 0 Å². The molecule has 3 aromatic carbocycles. The number of anilines is 1. The van der Waals surface area contributed by atoms with Gasteiger partial charge in [-0.05, 0) is 30.2 Å². The van der Waals surface area contributed by atoms with Gasteiger partial charge in [-0.3, -0.25) is 9.59 Å². The quantitative estimate of drug-likeness (QED) is 0.442. The van der Waals surface area contributed by atoms with Gasteiger partial charge < -0.3 is 15.2 Å². The minimum atomic E-state index is -1.67. The third-order valence-corrected chi connectivity index (χ3v) is 6.86. The van der Waals surface area contributed by atoms with Crippen LogP contribution in [0.4, 0.5) is 5.69 Å². The summed E-state index contributed by atoms with van der Waals surface area (Å²) in [6.07, 6.45) is 1.01. The zero-order valence-corrected chi connectivity index (χ0v) is 18.5. The smallest absolute Gasteiger partial charge is 0.331 e. The van der Waals surface area contributed by atoms with E-state index < -0.39 is 41.2 Å². The number of carbonyl (C=O) groups is 3. The Morgan fingerprint density at radius 1 is 0.941 bits per heavy atom. The molecule has 0 fully saturated rings. The predicted molar refractivity (Wildman–Crippen MR) is 126 cm³/mol. The van der Waals surface area contributed by atoms with Crippen LogP contribution in [-0.4, -0.2) is 23.0 Å². The number of aryl methyl sites for hydroxylation is 1. The van der Waals surface area contributed by atoms with Gasteiger partial charge in [-0.2, -0.15) is 0 Å². The highest BCUT2D eigenvalue weighted by molar-refractivity contribution is 5.98. The lowest BCUT2D eigenvalue weighted by atomic mass is 9.51. The van der Waals surface area contributed by atoms with E-state index in [2.05, 4.69) is 11.9 Å². The fourth-order valence-electron chi connectivity index (χ4n) is 5.56. The van der Waals surface area contributed by atoms with E-state index in [9.17, 15) is 19.5 Å². The van der Waals surface area contributed by atoms with Crippen LogP contribution in [0.15, 0.2) is 85.5 Å². The molecular formula is C28H23NO5. The Balaban J connectivity index is 1.75. The van der Waals surface area contributed by atoms with Gasteiger partial charge in [0.2, 0.25) is 5.91 Å². The van der Waals surface area contributed by atoms with E-state index in [4.69, 9.17) is 4.74 Å². The summed E-state index contributed by atoms with van der Waals surface area (Å²) in [4.78, 5) is 39.2. The number of carboxylic acids is 1. The molecule has 0 aromatic heterocycles. The molecule has 2 atom stereocenters. The van der Waals surface area contributed by atoms with E-state index in [0.717, 1.165) is 22.8 Å². The molecule has 0 heterocycles. The van der Waals surface area contributed by atoms with Crippen molar-refractivity contribution in [3.63, 3.8) is 0 Å². The summed E-state index contributed by atoms with van der Waals surface area (Å²) < 4.78 is 5.97. The lowest BCUT2D eigenvalue weighted by Gasteiger charge is -2.54. The molecule has 2 N–H and O–H groups in total. The van der Waals surface area contributed by atoms with Crippen molar-refractivity contribution in [3.05, 3.63) is 113 Å². The molecule has 0 saturated carbocycles. The van der Waals surface area contributed by atoms with Gasteiger partial charge in [-0.25, -0.2) is 4.79 Å². The van der Waals surface area contributed by atoms with E-state index in [1.54, 1.807) is 36.4 Å². The van der Waals surface area contributed by atoms with Crippen LogP contribution in [0.1, 0.15) is 33.7 Å². The van der Waals surface area contributed by atoms with Gasteiger partial charge in [0.25, 0.3) is 0 Å². The monoisotopic (exact) mass is 453 g/mol. The van der Waals surface area contributed by atoms with Gasteiger partial charge in [0.15, 0.2) is 5.60 Å². The summed E-state index contributed by atoms with van der Waals surface area (Å²) in [5, 5.41) is 13.4. The van der Waals surface area contributed by atoms with Crippen LogP contribution >= 0.6 is 0 Å². The summed E-state index contributed by atoms with van der Waals surface area (Å²) in [6.45, 7) is 5.44. The number of aliphatic carboxylic acids is 1. The molecule has 6 heteroatoms. The van der Waals surface area contributed by atoms with Crippen molar-refractivity contribution in [1.82, 2.24) is 0 Å². The normalized spacial score (nSPS) is 23.9. The van der Waals surface area contributed by atoms with Crippen molar-refractivity contribution in [2.75, 3.05) is 5.32 Å². The molecule has 2 unspecified atom stereocenters. The number of hydrogen-bond donors (Lipinski definition) is 2. The fraction of sp³-hybridized carbons (Fsp3) is 0.179. The zero-order valence-electron chi connectivity index (χ0n) is 18.5. The highest BCUT2D eigenvalue weighted by Gasteiger charge is 2.66. The number of amides is 1. The Morgan fingerprint density at radius 3 is 2.03 bits per heavy atom. The molecule has 170 valence electrons. The van der Waals surface area contributed by atoms with Gasteiger partial charge in [0, 0.05) is 28.8 Å². The summed E-state index contributed by atoms with van der Waals surface area (Å²) in [7, 11) is 0. The zero-order chi connectivity index (χ0) is 24.0. The maximum Gasteiger partial charge on any atom is 0.331 e. The first kappa shape index (κ1) is 21.6. The molecule has 0 radical (unpaired) electrons. The molecular weight excluding hydrogens is 430 g/mol. The van der Waals surface area contributed by atoms with Gasteiger partial charge >= 0.3 is 11.9 Å². The highest BCUT2D eigenvalue weighted by atomic mass is 16.6. The number of rotatable bonds is 5. The second-order valence-corrected chi connectivity index (χ2v) is 8.71. The van der Waals surface area contributed by atoms with Crippen molar-refractivity contribution in [2.24, 2.45) is 11.8 Å². The Labute approximate surface area is 196 Å². The van der Waals surface area contributed by atoms with E-state index in [0.29, 0.717) is 16.8 Å². The summed E-state index contributed by atoms with van der Waals surface area (Å²) >= 11 is 0. The average molecular weight is 453 g/mol. The fourth-order valence-corrected chi connectivity index (χ4v) is 5.56. The van der Waals surface area contributed by atoms with Crippen LogP contribution < -0.4 is 5.32 Å². The maximum absolute atomic E-state index is 13.7. The molecule has 3 aliphatic rings. The number of nitrogens with one attached hydrogen (secondary N) is 1. The molecule has 1 amide bonds. The first-order valence-corrected chi connectivity index (χ1v) is 11.0. The molecule has 3 aliphatic carbocycles. The Bertz CT molecular complexity index is 1280. The van der Waals surface area contributed by atoms with Crippen LogP contribution in [0.2, 0.25) is 0 Å². The number of benzene rings is 3. The number of esters is 1. The highest BCUT2D eigenvalue weighted by Crippen LogP contribution is 2.62. The van der Waals surface area contributed by atoms with E-state index in [1.165, 1.54) is 0 Å². The van der Waals surface area contributed by atoms with Crippen LogP contribution in [0, 0.1) is 18.8 Å². The average Bonchev–Trinajstić information content (AvgIpc) is 2.85. The number of ether oxygens (including phenoxy) is 1. The van der Waals surface area contributed by atoms with Crippen LogP contribution in [-0.2, 0) is 24.7 Å². The van der Waals surface area contributed by atoms with E-state index >= 15 is 0 Å². The van der Waals surface area contributed by atoms with Crippen molar-refractivity contribution in [1.29, 1.82) is 0 Å². The number of fused-ring (bicyclic) bond motifs is 1. The first-order chi connectivity index (χ1) is 16.4. The maximum atomic E-state index is 13.7. The SMILES string of the molecule is C=CC(=O)OC12c3ccccc3C(c3ccccc31)C(C(=O)Nc1ccc(C)cc1)C2C(=O)O. The summed E-state index contributed by atoms with van der Waals surface area (Å²) in [5.41, 5.74) is 2.66. The van der Waals surface area contributed by atoms with Crippen LogP contribution in [0.5, 0.6) is 0 Å². The molecule has 0 spiro atoms.